The van der Waals surface area contributed by atoms with E-state index >= 15 is 0 Å². The Hall–Kier alpha value is 0.210. The lowest BCUT2D eigenvalue weighted by molar-refractivity contribution is -0.214. The summed E-state index contributed by atoms with van der Waals surface area (Å²) in [7, 11) is -7.25. The summed E-state index contributed by atoms with van der Waals surface area (Å²) >= 11 is 0. The van der Waals surface area contributed by atoms with E-state index in [2.05, 4.69) is 27.1 Å². The predicted molar refractivity (Wildman–Crippen MR) is 97.5 cm³/mol. The third-order valence-corrected chi connectivity index (χ3v) is 8.30. The van der Waals surface area contributed by atoms with Crippen LogP contribution in [0.2, 0.25) is 0 Å². The van der Waals surface area contributed by atoms with Gasteiger partial charge in [0.2, 0.25) is 0 Å². The van der Waals surface area contributed by atoms with E-state index in [0.29, 0.717) is 0 Å². The van der Waals surface area contributed by atoms with Gasteiger partial charge in [-0.15, -0.1) is 0 Å². The van der Waals surface area contributed by atoms with Crippen LogP contribution < -0.4 is 0 Å². The minimum atomic E-state index is -4.37. The molecule has 0 aromatic heterocycles. The maximum absolute atomic E-state index is 12.5. The molecule has 0 heterocycles. The van der Waals surface area contributed by atoms with Crippen molar-refractivity contribution in [3.8, 4) is 0 Å². The number of hydrogen-bond donors (Lipinski definition) is 3. The second kappa shape index (κ2) is 11.4. The van der Waals surface area contributed by atoms with Crippen molar-refractivity contribution in [2.45, 2.75) is 36.6 Å². The summed E-state index contributed by atoms with van der Waals surface area (Å²) in [4.78, 5) is 0. The molecule has 1 aliphatic rings. The Bertz CT molecular complexity index is 622. The van der Waals surface area contributed by atoms with Gasteiger partial charge in [-0.25, -0.2) is 13.7 Å². The quantitative estimate of drug-likeness (QED) is 0.310. The van der Waals surface area contributed by atoms with Gasteiger partial charge in [-0.1, -0.05) is 0 Å². The van der Waals surface area contributed by atoms with Crippen molar-refractivity contribution in [2.24, 2.45) is 0 Å². The number of hydrogen-bond acceptors (Lipinski definition) is 15. The lowest BCUT2D eigenvalue weighted by Crippen LogP contribution is -2.65. The van der Waals surface area contributed by atoms with E-state index in [-0.39, 0.29) is 0 Å². The molecule has 1 fully saturated rings. The number of phosphoric acid groups is 3. The lowest BCUT2D eigenvalue weighted by Gasteiger charge is -2.45. The average molecular weight is 504 g/mol. The molecule has 180 valence electrons. The van der Waals surface area contributed by atoms with E-state index in [1.807, 2.05) is 0 Å². The third kappa shape index (κ3) is 6.38. The van der Waals surface area contributed by atoms with E-state index in [9.17, 15) is 29.0 Å². The van der Waals surface area contributed by atoms with Crippen molar-refractivity contribution in [1.29, 1.82) is 0 Å². The summed E-state index contributed by atoms with van der Waals surface area (Å²) in [5.74, 6) is 0. The van der Waals surface area contributed by atoms with Crippen molar-refractivity contribution in [1.82, 2.24) is 0 Å². The van der Waals surface area contributed by atoms with E-state index in [4.69, 9.17) is 13.6 Å². The van der Waals surface area contributed by atoms with Crippen LogP contribution in [0, 0.1) is 0 Å². The molecule has 6 atom stereocenters. The van der Waals surface area contributed by atoms with Crippen LogP contribution in [-0.4, -0.2) is 94.6 Å². The number of aliphatic hydroxyl groups is 3. The van der Waals surface area contributed by atoms with Crippen LogP contribution in [0.15, 0.2) is 0 Å². The van der Waals surface area contributed by atoms with Crippen molar-refractivity contribution in [2.75, 3.05) is 42.7 Å². The van der Waals surface area contributed by atoms with Gasteiger partial charge in [0.1, 0.15) is 36.6 Å². The summed E-state index contributed by atoms with van der Waals surface area (Å²) in [5.41, 5.74) is 0. The summed E-state index contributed by atoms with van der Waals surface area (Å²) in [5, 5.41) is 31.0. The van der Waals surface area contributed by atoms with Crippen molar-refractivity contribution < 1.29 is 69.7 Å². The zero-order chi connectivity index (χ0) is 23.3. The molecule has 0 amide bonds. The second-order valence-electron chi connectivity index (χ2n) is 5.62. The molecule has 0 aromatic carbocycles. The standard InChI is InChI=1S/C12H27O15P3/c1-19-28(16,20-2)25-10-8(14)7(13)9(15)11(26-29(17,21-3)22-4)12(10)27-30(18,23-5)24-6/h7-15H,1-6H3/t7?,8-,9+,10-,11-,12?/m0/s1. The minimum Gasteiger partial charge on any atom is -0.387 e. The van der Waals surface area contributed by atoms with Gasteiger partial charge in [-0.2, -0.15) is 0 Å². The Balaban J connectivity index is 3.51. The molecule has 18 heteroatoms. The Morgan fingerprint density at radius 2 is 0.700 bits per heavy atom. The zero-order valence-corrected chi connectivity index (χ0v) is 19.7. The second-order valence-corrected chi connectivity index (χ2v) is 11.1. The Morgan fingerprint density at radius 3 is 0.933 bits per heavy atom. The molecule has 0 spiro atoms. The monoisotopic (exact) mass is 504 g/mol. The fourth-order valence-electron chi connectivity index (χ4n) is 2.46. The molecule has 30 heavy (non-hydrogen) atoms. The molecule has 15 nitrogen and oxygen atoms in total. The van der Waals surface area contributed by atoms with Crippen LogP contribution in [0.4, 0.5) is 0 Å². The molecule has 0 aromatic rings. The first-order valence-electron chi connectivity index (χ1n) is 8.12. The summed E-state index contributed by atoms with van der Waals surface area (Å²) in [6, 6.07) is 0. The van der Waals surface area contributed by atoms with Gasteiger partial charge in [0, 0.05) is 42.7 Å². The van der Waals surface area contributed by atoms with Gasteiger partial charge in [-0.05, 0) is 0 Å². The van der Waals surface area contributed by atoms with Crippen molar-refractivity contribution in [3.63, 3.8) is 0 Å². The molecule has 0 bridgehead atoms. The minimum absolute atomic E-state index is 0.963. The largest absolute Gasteiger partial charge is 0.474 e. The topological polar surface area (TPSA) is 195 Å². The van der Waals surface area contributed by atoms with Gasteiger partial charge < -0.3 is 15.3 Å². The average Bonchev–Trinajstić information content (AvgIpc) is 2.77. The summed E-state index contributed by atoms with van der Waals surface area (Å²) in [6.07, 6.45) is -11.7. The van der Waals surface area contributed by atoms with E-state index in [1.165, 1.54) is 0 Å². The molecule has 0 radical (unpaired) electrons. The Kier molecular flexibility index (Phi) is 10.7. The maximum atomic E-state index is 12.5. The highest BCUT2D eigenvalue weighted by Gasteiger charge is 2.57. The van der Waals surface area contributed by atoms with Gasteiger partial charge in [-0.3, -0.25) is 40.7 Å². The fourth-order valence-corrected chi connectivity index (χ4v) is 5.05. The van der Waals surface area contributed by atoms with Crippen LogP contribution in [-0.2, 0) is 54.4 Å². The van der Waals surface area contributed by atoms with Crippen molar-refractivity contribution in [3.05, 3.63) is 0 Å². The van der Waals surface area contributed by atoms with Crippen LogP contribution in [0.3, 0.4) is 0 Å². The molecule has 1 saturated carbocycles. The van der Waals surface area contributed by atoms with Gasteiger partial charge in [0.25, 0.3) is 0 Å². The lowest BCUT2D eigenvalue weighted by atomic mass is 9.85. The van der Waals surface area contributed by atoms with E-state index in [0.717, 1.165) is 42.7 Å². The first-order chi connectivity index (χ1) is 13.9. The number of phosphoric ester groups is 3. The molecular weight excluding hydrogens is 477 g/mol. The van der Waals surface area contributed by atoms with E-state index < -0.39 is 60.1 Å². The Morgan fingerprint density at radius 1 is 0.467 bits per heavy atom. The Labute approximate surface area is 173 Å². The van der Waals surface area contributed by atoms with Crippen LogP contribution in [0.5, 0.6) is 0 Å². The maximum Gasteiger partial charge on any atom is 0.474 e. The molecule has 2 unspecified atom stereocenters. The smallest absolute Gasteiger partial charge is 0.387 e. The summed E-state index contributed by atoms with van der Waals surface area (Å²) < 4.78 is 80.8. The normalized spacial score (nSPS) is 31.1. The van der Waals surface area contributed by atoms with Crippen LogP contribution in [0.25, 0.3) is 0 Å². The van der Waals surface area contributed by atoms with Gasteiger partial charge >= 0.3 is 23.5 Å². The predicted octanol–water partition coefficient (Wildman–Crippen LogP) is 0.441. The first kappa shape index (κ1) is 28.2. The van der Waals surface area contributed by atoms with E-state index in [1.54, 1.807) is 0 Å². The highest BCUT2D eigenvalue weighted by atomic mass is 31.2. The number of aliphatic hydroxyl groups excluding tert-OH is 3. The molecule has 0 aliphatic heterocycles. The van der Waals surface area contributed by atoms with Crippen molar-refractivity contribution >= 4 is 23.5 Å². The zero-order valence-electron chi connectivity index (χ0n) is 17.0. The van der Waals surface area contributed by atoms with Crippen LogP contribution in [0.1, 0.15) is 0 Å². The SMILES string of the molecule is COP(=O)(OC)OC1[C@@H](OP(=O)(OC)OC)[C@H](O)C(O)[C@H](O)[C@@H]1OP(=O)(OC)OC. The highest BCUT2D eigenvalue weighted by Crippen LogP contribution is 2.57. The molecule has 3 N–H and O–H groups in total. The molecule has 0 saturated heterocycles. The van der Waals surface area contributed by atoms with Crippen LogP contribution >= 0.6 is 23.5 Å². The van der Waals surface area contributed by atoms with Gasteiger partial charge in [0.15, 0.2) is 0 Å². The highest BCUT2D eigenvalue weighted by molar-refractivity contribution is 7.49. The summed E-state index contributed by atoms with van der Waals surface area (Å²) in [6.45, 7) is 0. The third-order valence-electron chi connectivity index (χ3n) is 4.11. The molecule has 1 rings (SSSR count). The fraction of sp³-hybridized carbons (Fsp3) is 1.00. The first-order valence-corrected chi connectivity index (χ1v) is 12.5. The molecular formula is C12H27O15P3. The molecule has 1 aliphatic carbocycles. The number of rotatable bonds is 12. The van der Waals surface area contributed by atoms with Gasteiger partial charge in [0.05, 0.1) is 0 Å².